The number of hydrogen-bond donors (Lipinski definition) is 1. The van der Waals surface area contributed by atoms with Gasteiger partial charge in [0.1, 0.15) is 5.69 Å². The fourth-order valence-corrected chi connectivity index (χ4v) is 1.49. The van der Waals surface area contributed by atoms with Gasteiger partial charge in [0.25, 0.3) is 0 Å². The van der Waals surface area contributed by atoms with Crippen molar-refractivity contribution in [3.63, 3.8) is 0 Å². The van der Waals surface area contributed by atoms with Gasteiger partial charge in [-0.25, -0.2) is 4.98 Å². The minimum Gasteiger partial charge on any atom is -0.368 e. The molecule has 0 bridgehead atoms. The summed E-state index contributed by atoms with van der Waals surface area (Å²) in [6.07, 6.45) is 1.74. The van der Waals surface area contributed by atoms with Gasteiger partial charge in [0.15, 0.2) is 5.82 Å². The molecule has 4 heteroatoms. The Labute approximate surface area is 88.4 Å². The van der Waals surface area contributed by atoms with Crippen LogP contribution in [0.25, 0.3) is 0 Å². The van der Waals surface area contributed by atoms with Crippen LogP contribution in [-0.4, -0.2) is 9.97 Å². The Kier molecular flexibility index (Phi) is 2.04. The molecule has 1 aliphatic rings. The van der Waals surface area contributed by atoms with E-state index in [1.165, 1.54) is 0 Å². The molecule has 2 N–H and O–H groups in total. The fraction of sp³-hybridized carbons (Fsp3) is 0.0909. The summed E-state index contributed by atoms with van der Waals surface area (Å²) in [5.41, 5.74) is 7.62. The Morgan fingerprint density at radius 3 is 2.53 bits per heavy atom. The third-order valence-electron chi connectivity index (χ3n) is 2.19. The lowest BCUT2D eigenvalue weighted by Gasteiger charge is -1.99. The summed E-state index contributed by atoms with van der Waals surface area (Å²) >= 11 is 0. The quantitative estimate of drug-likeness (QED) is 0.613. The van der Waals surface area contributed by atoms with Gasteiger partial charge in [-0.15, -0.1) is 0 Å². The van der Waals surface area contributed by atoms with Crippen LogP contribution in [-0.2, 0) is 0 Å². The summed E-state index contributed by atoms with van der Waals surface area (Å²) < 4.78 is 0. The summed E-state index contributed by atoms with van der Waals surface area (Å²) in [4.78, 5) is 10.1. The Hall–Kier alpha value is -2.10. The normalized spacial score (nSPS) is 11.6. The minimum atomic E-state index is 0. The van der Waals surface area contributed by atoms with E-state index in [0.29, 0.717) is 5.95 Å². The Balaban J connectivity index is 0.000000853. The standard InChI is InChI=1S/C10H8N4.CH4/c11-10-12-6-8-9(13-10)14(8)7-4-2-1-3-5-7;/h1-6H,(H2,11,12,13);1H4. The topological polar surface area (TPSA) is 54.8 Å². The third kappa shape index (κ3) is 1.40. The van der Waals surface area contributed by atoms with E-state index in [9.17, 15) is 0 Å². The first kappa shape index (κ1) is 9.45. The molecule has 2 heterocycles. The number of nitrogens with zero attached hydrogens (tertiary/aromatic N) is 3. The molecule has 76 valence electrons. The molecular weight excluding hydrogens is 188 g/mol. The van der Waals surface area contributed by atoms with Gasteiger partial charge < -0.3 is 5.73 Å². The van der Waals surface area contributed by atoms with Crippen molar-refractivity contribution in [2.24, 2.45) is 0 Å². The molecule has 3 rings (SSSR count). The fourth-order valence-electron chi connectivity index (χ4n) is 1.49. The molecule has 2 aromatic rings. The van der Waals surface area contributed by atoms with E-state index in [0.717, 1.165) is 17.2 Å². The third-order valence-corrected chi connectivity index (χ3v) is 2.19. The predicted molar refractivity (Wildman–Crippen MR) is 61.4 cm³/mol. The molecule has 1 aliphatic heterocycles. The summed E-state index contributed by atoms with van der Waals surface area (Å²) in [6, 6.07) is 10.0. The number of fused-ring (bicyclic) bond motifs is 1. The average Bonchev–Trinajstić information content (AvgIpc) is 2.92. The first-order chi connectivity index (χ1) is 6.86. The lowest BCUT2D eigenvalue weighted by molar-refractivity contribution is 1.24. The summed E-state index contributed by atoms with van der Waals surface area (Å²) in [5, 5.41) is 0. The smallest absolute Gasteiger partial charge is 0.222 e. The largest absolute Gasteiger partial charge is 0.368 e. The molecule has 0 unspecified atom stereocenters. The van der Waals surface area contributed by atoms with Crippen LogP contribution in [0.3, 0.4) is 0 Å². The van der Waals surface area contributed by atoms with Gasteiger partial charge in [0, 0.05) is 5.69 Å². The number of para-hydroxylation sites is 1. The predicted octanol–water partition coefficient (Wildman–Crippen LogP) is 2.48. The highest BCUT2D eigenvalue weighted by atomic mass is 15.4. The number of nitrogen functional groups attached to an aromatic ring is 1. The van der Waals surface area contributed by atoms with Gasteiger partial charge in [-0.3, -0.25) is 4.90 Å². The van der Waals surface area contributed by atoms with Crippen molar-refractivity contribution in [2.45, 2.75) is 7.43 Å². The van der Waals surface area contributed by atoms with Gasteiger partial charge in [-0.05, 0) is 12.1 Å². The maximum atomic E-state index is 5.48. The van der Waals surface area contributed by atoms with Crippen molar-refractivity contribution in [1.82, 2.24) is 9.97 Å². The highest BCUT2D eigenvalue weighted by Crippen LogP contribution is 2.51. The Morgan fingerprint density at radius 1 is 1.13 bits per heavy atom. The second kappa shape index (κ2) is 3.24. The molecule has 0 fully saturated rings. The van der Waals surface area contributed by atoms with E-state index >= 15 is 0 Å². The van der Waals surface area contributed by atoms with Crippen LogP contribution in [0.1, 0.15) is 7.43 Å². The van der Waals surface area contributed by atoms with Crippen LogP contribution in [0, 0.1) is 0 Å². The minimum absolute atomic E-state index is 0. The van der Waals surface area contributed by atoms with Crippen LogP contribution >= 0.6 is 0 Å². The van der Waals surface area contributed by atoms with Crippen LogP contribution < -0.4 is 10.6 Å². The zero-order valence-electron chi connectivity index (χ0n) is 7.38. The Morgan fingerprint density at radius 2 is 1.87 bits per heavy atom. The highest BCUT2D eigenvalue weighted by Gasteiger charge is 2.33. The van der Waals surface area contributed by atoms with Crippen molar-refractivity contribution in [3.05, 3.63) is 36.5 Å². The monoisotopic (exact) mass is 200 g/mol. The maximum absolute atomic E-state index is 5.48. The molecule has 0 saturated carbocycles. The van der Waals surface area contributed by atoms with Crippen molar-refractivity contribution >= 4 is 23.1 Å². The zero-order valence-corrected chi connectivity index (χ0v) is 7.38. The van der Waals surface area contributed by atoms with Crippen LogP contribution in [0.5, 0.6) is 0 Å². The molecule has 0 radical (unpaired) electrons. The molecule has 1 aromatic heterocycles. The summed E-state index contributed by atoms with van der Waals surface area (Å²) in [7, 11) is 0. The van der Waals surface area contributed by atoms with Crippen LogP contribution in [0.4, 0.5) is 23.1 Å². The molecular formula is C11H12N4. The summed E-state index contributed by atoms with van der Waals surface area (Å²) in [5.74, 6) is 1.23. The van der Waals surface area contributed by atoms with Crippen molar-refractivity contribution in [2.75, 3.05) is 10.6 Å². The van der Waals surface area contributed by atoms with Gasteiger partial charge in [0.05, 0.1) is 6.20 Å². The summed E-state index contributed by atoms with van der Waals surface area (Å²) in [6.45, 7) is 0. The molecule has 0 aliphatic carbocycles. The van der Waals surface area contributed by atoms with Gasteiger partial charge in [-0.2, -0.15) is 4.98 Å². The molecule has 0 amide bonds. The average molecular weight is 200 g/mol. The first-order valence-corrected chi connectivity index (χ1v) is 4.34. The second-order valence-corrected chi connectivity index (χ2v) is 3.11. The van der Waals surface area contributed by atoms with Crippen molar-refractivity contribution in [1.29, 1.82) is 0 Å². The number of aromatic nitrogens is 2. The van der Waals surface area contributed by atoms with Crippen molar-refractivity contribution in [3.8, 4) is 0 Å². The van der Waals surface area contributed by atoms with E-state index in [-0.39, 0.29) is 7.43 Å². The molecule has 0 saturated heterocycles. The number of benzene rings is 1. The highest BCUT2D eigenvalue weighted by molar-refractivity contribution is 5.97. The lowest BCUT2D eigenvalue weighted by Crippen LogP contribution is -1.90. The van der Waals surface area contributed by atoms with Crippen molar-refractivity contribution < 1.29 is 0 Å². The van der Waals surface area contributed by atoms with Gasteiger partial charge in [-0.1, -0.05) is 25.6 Å². The first-order valence-electron chi connectivity index (χ1n) is 4.34. The number of rotatable bonds is 1. The van der Waals surface area contributed by atoms with E-state index < -0.39 is 0 Å². The van der Waals surface area contributed by atoms with Gasteiger partial charge in [0.2, 0.25) is 5.95 Å². The number of anilines is 4. The zero-order chi connectivity index (χ0) is 9.54. The maximum Gasteiger partial charge on any atom is 0.222 e. The lowest BCUT2D eigenvalue weighted by atomic mass is 10.3. The van der Waals surface area contributed by atoms with E-state index in [1.807, 2.05) is 35.2 Å². The molecule has 15 heavy (non-hydrogen) atoms. The van der Waals surface area contributed by atoms with Crippen LogP contribution in [0.15, 0.2) is 36.5 Å². The Bertz CT molecular complexity index is 481. The number of nitrogens with two attached hydrogens (primary N) is 1. The molecule has 4 nitrogen and oxygen atoms in total. The SMILES string of the molecule is C.Nc1ncc2c(n1)N2c1ccccc1. The second-order valence-electron chi connectivity index (χ2n) is 3.11. The molecule has 0 spiro atoms. The molecule has 0 atom stereocenters. The molecule has 1 aromatic carbocycles. The number of hydrogen-bond acceptors (Lipinski definition) is 4. The van der Waals surface area contributed by atoms with E-state index in [4.69, 9.17) is 5.73 Å². The van der Waals surface area contributed by atoms with E-state index in [2.05, 4.69) is 9.97 Å². The van der Waals surface area contributed by atoms with Gasteiger partial charge >= 0.3 is 0 Å². The van der Waals surface area contributed by atoms with E-state index in [1.54, 1.807) is 6.20 Å². The van der Waals surface area contributed by atoms with Crippen LogP contribution in [0.2, 0.25) is 0 Å².